The molecule has 4 heteroatoms. The molecule has 0 aromatic carbocycles. The SMILES string of the molecule is Cc1cc2nc(NC3CC4(CCCCC4)C3)c3c(n2n1)C=CCC=C3. The van der Waals surface area contributed by atoms with Gasteiger partial charge in [0.15, 0.2) is 5.65 Å². The lowest BCUT2D eigenvalue weighted by molar-refractivity contribution is 0.0633. The number of nitrogens with zero attached hydrogens (tertiary/aromatic N) is 3. The molecular formula is C21H26N4. The number of aryl methyl sites for hydroxylation is 1. The first-order valence-electron chi connectivity index (χ1n) is 9.73. The molecule has 2 aromatic rings. The Kier molecular flexibility index (Phi) is 3.47. The highest BCUT2D eigenvalue weighted by Crippen LogP contribution is 2.52. The van der Waals surface area contributed by atoms with Gasteiger partial charge in [0.1, 0.15) is 5.82 Å². The molecule has 0 amide bonds. The summed E-state index contributed by atoms with van der Waals surface area (Å²) in [5, 5.41) is 8.40. The van der Waals surface area contributed by atoms with Crippen molar-refractivity contribution in [2.45, 2.75) is 64.3 Å². The minimum absolute atomic E-state index is 0.571. The molecule has 0 radical (unpaired) electrons. The van der Waals surface area contributed by atoms with Gasteiger partial charge in [-0.3, -0.25) is 0 Å². The number of hydrogen-bond donors (Lipinski definition) is 1. The third-order valence-electron chi connectivity index (χ3n) is 6.24. The van der Waals surface area contributed by atoms with Crippen LogP contribution in [0.2, 0.25) is 0 Å². The van der Waals surface area contributed by atoms with E-state index >= 15 is 0 Å². The van der Waals surface area contributed by atoms with Gasteiger partial charge in [-0.1, -0.05) is 37.5 Å². The lowest BCUT2D eigenvalue weighted by atomic mass is 9.58. The Balaban J connectivity index is 1.47. The van der Waals surface area contributed by atoms with E-state index in [4.69, 9.17) is 4.98 Å². The van der Waals surface area contributed by atoms with E-state index in [1.807, 2.05) is 11.4 Å². The van der Waals surface area contributed by atoms with Crippen molar-refractivity contribution in [2.75, 3.05) is 5.32 Å². The van der Waals surface area contributed by atoms with Gasteiger partial charge in [-0.25, -0.2) is 9.50 Å². The molecule has 3 aliphatic rings. The predicted octanol–water partition coefficient (Wildman–Crippen LogP) is 4.99. The number of allylic oxidation sites excluding steroid dienone is 2. The number of aromatic nitrogens is 3. The maximum Gasteiger partial charge on any atom is 0.158 e. The molecule has 2 heterocycles. The fourth-order valence-corrected chi connectivity index (χ4v) is 5.02. The summed E-state index contributed by atoms with van der Waals surface area (Å²) in [5.41, 5.74) is 4.90. The summed E-state index contributed by atoms with van der Waals surface area (Å²) in [7, 11) is 0. The fourth-order valence-electron chi connectivity index (χ4n) is 5.02. The number of rotatable bonds is 2. The van der Waals surface area contributed by atoms with Crippen LogP contribution in [-0.4, -0.2) is 20.6 Å². The van der Waals surface area contributed by atoms with Crippen molar-refractivity contribution in [3.8, 4) is 0 Å². The maximum atomic E-state index is 4.91. The number of nitrogens with one attached hydrogen (secondary N) is 1. The van der Waals surface area contributed by atoms with Crippen LogP contribution in [0.1, 0.15) is 68.3 Å². The van der Waals surface area contributed by atoms with Gasteiger partial charge in [0.25, 0.3) is 0 Å². The van der Waals surface area contributed by atoms with Crippen LogP contribution in [0.15, 0.2) is 18.2 Å². The molecule has 2 aromatic heterocycles. The average molecular weight is 334 g/mol. The Morgan fingerprint density at radius 1 is 1.12 bits per heavy atom. The first kappa shape index (κ1) is 15.2. The standard InChI is InChI=1S/C21H26N4/c1-15-12-19-23-20(17-8-4-2-5-9-18(17)25(19)24-15)22-16-13-21(14-16)10-6-3-7-11-21/h4-5,8-9,12,16H,2-3,6-7,10-11,13-14H2,1H3,(H,22,23). The fraction of sp³-hybridized carbons (Fsp3) is 0.524. The van der Waals surface area contributed by atoms with Crippen molar-refractivity contribution in [2.24, 2.45) is 5.41 Å². The summed E-state index contributed by atoms with van der Waals surface area (Å²) in [5.74, 6) is 1.03. The number of fused-ring (bicyclic) bond motifs is 3. The summed E-state index contributed by atoms with van der Waals surface area (Å²) >= 11 is 0. The number of anilines is 1. The highest BCUT2D eigenvalue weighted by Gasteiger charge is 2.44. The van der Waals surface area contributed by atoms with E-state index in [0.29, 0.717) is 11.5 Å². The van der Waals surface area contributed by atoms with Gasteiger partial charge >= 0.3 is 0 Å². The second-order valence-electron chi connectivity index (χ2n) is 8.17. The van der Waals surface area contributed by atoms with E-state index in [1.54, 1.807) is 0 Å². The van der Waals surface area contributed by atoms with Crippen molar-refractivity contribution in [3.05, 3.63) is 35.2 Å². The van der Waals surface area contributed by atoms with Crippen LogP contribution >= 0.6 is 0 Å². The average Bonchev–Trinajstić information content (AvgIpc) is 2.80. The van der Waals surface area contributed by atoms with Gasteiger partial charge in [0, 0.05) is 17.7 Å². The zero-order valence-corrected chi connectivity index (χ0v) is 15.0. The topological polar surface area (TPSA) is 42.2 Å². The summed E-state index contributed by atoms with van der Waals surface area (Å²) < 4.78 is 1.98. The van der Waals surface area contributed by atoms with Crippen LogP contribution in [-0.2, 0) is 0 Å². The van der Waals surface area contributed by atoms with E-state index in [-0.39, 0.29) is 0 Å². The lowest BCUT2D eigenvalue weighted by Gasteiger charge is -2.50. The van der Waals surface area contributed by atoms with Crippen molar-refractivity contribution < 1.29 is 0 Å². The molecular weight excluding hydrogens is 308 g/mol. The van der Waals surface area contributed by atoms with Gasteiger partial charge in [-0.15, -0.1) is 0 Å². The van der Waals surface area contributed by atoms with Crippen LogP contribution < -0.4 is 5.32 Å². The van der Waals surface area contributed by atoms with E-state index in [0.717, 1.165) is 29.3 Å². The van der Waals surface area contributed by atoms with Crippen LogP contribution in [0.4, 0.5) is 5.82 Å². The molecule has 25 heavy (non-hydrogen) atoms. The van der Waals surface area contributed by atoms with E-state index in [1.165, 1.54) is 50.5 Å². The Bertz CT molecular complexity index is 860. The van der Waals surface area contributed by atoms with Crippen LogP contribution in [0.3, 0.4) is 0 Å². The Morgan fingerprint density at radius 3 is 2.76 bits per heavy atom. The first-order chi connectivity index (χ1) is 12.2. The maximum absolute atomic E-state index is 4.91. The Hall–Kier alpha value is -2.10. The van der Waals surface area contributed by atoms with Gasteiger partial charge < -0.3 is 5.32 Å². The molecule has 130 valence electrons. The monoisotopic (exact) mass is 334 g/mol. The molecule has 0 atom stereocenters. The Morgan fingerprint density at radius 2 is 1.92 bits per heavy atom. The largest absolute Gasteiger partial charge is 0.367 e. The summed E-state index contributed by atoms with van der Waals surface area (Å²) in [6, 6.07) is 2.64. The van der Waals surface area contributed by atoms with E-state index in [9.17, 15) is 0 Å². The highest BCUT2D eigenvalue weighted by molar-refractivity contribution is 5.76. The molecule has 1 spiro atoms. The third-order valence-corrected chi connectivity index (χ3v) is 6.24. The molecule has 0 saturated heterocycles. The van der Waals surface area contributed by atoms with Crippen LogP contribution in [0, 0.1) is 12.3 Å². The quantitative estimate of drug-likeness (QED) is 0.841. The van der Waals surface area contributed by atoms with Crippen LogP contribution in [0.25, 0.3) is 17.8 Å². The van der Waals surface area contributed by atoms with Crippen LogP contribution in [0.5, 0.6) is 0 Å². The molecule has 0 bridgehead atoms. The molecule has 2 saturated carbocycles. The Labute approximate surface area is 149 Å². The minimum atomic E-state index is 0.571. The molecule has 0 unspecified atom stereocenters. The molecule has 2 fully saturated rings. The van der Waals surface area contributed by atoms with Gasteiger partial charge in [0.2, 0.25) is 0 Å². The van der Waals surface area contributed by atoms with Crippen molar-refractivity contribution in [1.29, 1.82) is 0 Å². The molecule has 5 rings (SSSR count). The molecule has 3 aliphatic carbocycles. The number of hydrogen-bond acceptors (Lipinski definition) is 3. The minimum Gasteiger partial charge on any atom is -0.367 e. The normalized spacial score (nSPS) is 22.0. The van der Waals surface area contributed by atoms with Crippen molar-refractivity contribution in [3.63, 3.8) is 0 Å². The highest BCUT2D eigenvalue weighted by atomic mass is 15.3. The van der Waals surface area contributed by atoms with E-state index in [2.05, 4.69) is 40.8 Å². The summed E-state index contributed by atoms with van der Waals surface area (Å²) in [4.78, 5) is 4.91. The summed E-state index contributed by atoms with van der Waals surface area (Å²) in [6.07, 6.45) is 19.5. The lowest BCUT2D eigenvalue weighted by Crippen LogP contribution is -2.46. The smallest absolute Gasteiger partial charge is 0.158 e. The zero-order chi connectivity index (χ0) is 16.9. The molecule has 0 aliphatic heterocycles. The van der Waals surface area contributed by atoms with Gasteiger partial charge in [-0.05, 0) is 50.5 Å². The first-order valence-corrected chi connectivity index (χ1v) is 9.73. The second-order valence-corrected chi connectivity index (χ2v) is 8.17. The second kappa shape index (κ2) is 5.72. The zero-order valence-electron chi connectivity index (χ0n) is 15.0. The van der Waals surface area contributed by atoms with Gasteiger partial charge in [-0.2, -0.15) is 5.10 Å². The summed E-state index contributed by atoms with van der Waals surface area (Å²) in [6.45, 7) is 2.03. The third kappa shape index (κ3) is 2.59. The van der Waals surface area contributed by atoms with Gasteiger partial charge in [0.05, 0.1) is 11.4 Å². The molecule has 1 N–H and O–H groups in total. The van der Waals surface area contributed by atoms with E-state index < -0.39 is 0 Å². The van der Waals surface area contributed by atoms with Crippen molar-refractivity contribution >= 4 is 23.6 Å². The predicted molar refractivity (Wildman–Crippen MR) is 103 cm³/mol. The van der Waals surface area contributed by atoms with Crippen molar-refractivity contribution in [1.82, 2.24) is 14.6 Å². The molecule has 4 nitrogen and oxygen atoms in total.